The highest BCUT2D eigenvalue weighted by Gasteiger charge is 2.08. The van der Waals surface area contributed by atoms with Gasteiger partial charge >= 0.3 is 0 Å². The molecule has 0 spiro atoms. The molecule has 0 saturated carbocycles. The van der Waals surface area contributed by atoms with Crippen LogP contribution in [0.5, 0.6) is 0 Å². The van der Waals surface area contributed by atoms with Crippen molar-refractivity contribution in [1.29, 1.82) is 0 Å². The van der Waals surface area contributed by atoms with Gasteiger partial charge in [-0.05, 0) is 18.1 Å². The average Bonchev–Trinajstić information content (AvgIpc) is 2.77. The van der Waals surface area contributed by atoms with Gasteiger partial charge in [0.2, 0.25) is 11.8 Å². The van der Waals surface area contributed by atoms with E-state index in [2.05, 4.69) is 48.4 Å². The van der Waals surface area contributed by atoms with Crippen LogP contribution in [0.2, 0.25) is 0 Å². The lowest BCUT2D eigenvalue weighted by Crippen LogP contribution is -2.21. The fourth-order valence-electron chi connectivity index (χ4n) is 1.69. The fraction of sp³-hybridized carbons (Fsp3) is 0.429. The maximum Gasteiger partial charge on any atom is 0.230 e. The molecular weight excluding hydrogens is 226 g/mol. The Bertz CT molecular complexity index is 505. The smallest absolute Gasteiger partial charge is 0.230 e. The Hall–Kier alpha value is -1.68. The first-order valence-electron chi connectivity index (χ1n) is 6.24. The van der Waals surface area contributed by atoms with Gasteiger partial charge in [0.15, 0.2) is 0 Å². The maximum atomic E-state index is 5.61. The molecule has 0 atom stereocenters. The maximum absolute atomic E-state index is 5.61. The van der Waals surface area contributed by atoms with Crippen LogP contribution in [0.3, 0.4) is 0 Å². The van der Waals surface area contributed by atoms with E-state index in [1.807, 2.05) is 12.1 Å². The van der Waals surface area contributed by atoms with Crippen molar-refractivity contribution in [3.63, 3.8) is 0 Å². The quantitative estimate of drug-likeness (QED) is 0.879. The first kappa shape index (κ1) is 12.8. The van der Waals surface area contributed by atoms with Crippen molar-refractivity contribution < 1.29 is 4.42 Å². The summed E-state index contributed by atoms with van der Waals surface area (Å²) >= 11 is 0. The van der Waals surface area contributed by atoms with Crippen molar-refractivity contribution in [3.8, 4) is 0 Å². The molecule has 96 valence electrons. The third-order valence-electron chi connectivity index (χ3n) is 2.77. The molecule has 18 heavy (non-hydrogen) atoms. The van der Waals surface area contributed by atoms with Gasteiger partial charge in [-0.2, -0.15) is 0 Å². The van der Waals surface area contributed by atoms with Crippen molar-refractivity contribution in [1.82, 2.24) is 15.5 Å². The van der Waals surface area contributed by atoms with Crippen LogP contribution in [-0.2, 0) is 13.0 Å². The zero-order chi connectivity index (χ0) is 13.0. The van der Waals surface area contributed by atoms with Crippen molar-refractivity contribution in [2.24, 2.45) is 0 Å². The Labute approximate surface area is 107 Å². The summed E-state index contributed by atoms with van der Waals surface area (Å²) in [6.07, 6.45) is 0.696. The molecule has 1 aromatic heterocycles. The highest BCUT2D eigenvalue weighted by molar-refractivity contribution is 5.27. The number of rotatable bonds is 5. The number of nitrogens with zero attached hydrogens (tertiary/aromatic N) is 2. The normalized spacial score (nSPS) is 11.1. The summed E-state index contributed by atoms with van der Waals surface area (Å²) in [4.78, 5) is 0. The standard InChI is InChI=1S/C14H19N3O/c1-10(2)15-9-14-17-16-13(18-14)8-12-7-5-4-6-11(12)3/h4-7,10,15H,8-9H2,1-3H3. The second-order valence-corrected chi connectivity index (χ2v) is 4.73. The average molecular weight is 245 g/mol. The second kappa shape index (κ2) is 5.78. The zero-order valence-electron chi connectivity index (χ0n) is 11.1. The molecule has 0 fully saturated rings. The molecule has 4 nitrogen and oxygen atoms in total. The van der Waals surface area contributed by atoms with E-state index < -0.39 is 0 Å². The molecule has 1 N–H and O–H groups in total. The van der Waals surface area contributed by atoms with E-state index >= 15 is 0 Å². The molecule has 0 aliphatic heterocycles. The van der Waals surface area contributed by atoms with Gasteiger partial charge in [-0.3, -0.25) is 0 Å². The van der Waals surface area contributed by atoms with Gasteiger partial charge < -0.3 is 9.73 Å². The molecular formula is C14H19N3O. The second-order valence-electron chi connectivity index (χ2n) is 4.73. The summed E-state index contributed by atoms with van der Waals surface area (Å²) in [5.41, 5.74) is 2.47. The molecule has 1 aromatic carbocycles. The Morgan fingerprint density at radius 3 is 2.61 bits per heavy atom. The molecule has 0 bridgehead atoms. The summed E-state index contributed by atoms with van der Waals surface area (Å²) in [5, 5.41) is 11.4. The van der Waals surface area contributed by atoms with Gasteiger partial charge in [0.1, 0.15) is 0 Å². The van der Waals surface area contributed by atoms with E-state index in [1.54, 1.807) is 0 Å². The Morgan fingerprint density at radius 1 is 1.17 bits per heavy atom. The van der Waals surface area contributed by atoms with E-state index in [9.17, 15) is 0 Å². The molecule has 0 saturated heterocycles. The summed E-state index contributed by atoms with van der Waals surface area (Å²) in [6, 6.07) is 8.65. The fourth-order valence-corrected chi connectivity index (χ4v) is 1.69. The third-order valence-corrected chi connectivity index (χ3v) is 2.77. The number of hydrogen-bond acceptors (Lipinski definition) is 4. The first-order chi connectivity index (χ1) is 8.65. The van der Waals surface area contributed by atoms with Crippen LogP contribution in [0.4, 0.5) is 0 Å². The van der Waals surface area contributed by atoms with Crippen LogP contribution in [0.1, 0.15) is 36.8 Å². The van der Waals surface area contributed by atoms with E-state index in [0.717, 1.165) is 0 Å². The van der Waals surface area contributed by atoms with Gasteiger partial charge in [0.05, 0.1) is 13.0 Å². The molecule has 0 unspecified atom stereocenters. The minimum atomic E-state index is 0.414. The first-order valence-corrected chi connectivity index (χ1v) is 6.24. The van der Waals surface area contributed by atoms with Crippen LogP contribution in [0, 0.1) is 6.92 Å². The highest BCUT2D eigenvalue weighted by Crippen LogP contribution is 2.12. The number of nitrogens with one attached hydrogen (secondary N) is 1. The number of hydrogen-bond donors (Lipinski definition) is 1. The number of benzene rings is 1. The third kappa shape index (κ3) is 3.40. The van der Waals surface area contributed by atoms with E-state index in [4.69, 9.17) is 4.42 Å². The van der Waals surface area contributed by atoms with Crippen LogP contribution in [0.15, 0.2) is 28.7 Å². The van der Waals surface area contributed by atoms with Crippen LogP contribution in [-0.4, -0.2) is 16.2 Å². The molecule has 0 aliphatic rings. The van der Waals surface area contributed by atoms with Crippen LogP contribution < -0.4 is 5.32 Å². The lowest BCUT2D eigenvalue weighted by atomic mass is 10.1. The Kier molecular flexibility index (Phi) is 4.10. The highest BCUT2D eigenvalue weighted by atomic mass is 16.4. The Morgan fingerprint density at radius 2 is 1.89 bits per heavy atom. The van der Waals surface area contributed by atoms with Crippen LogP contribution >= 0.6 is 0 Å². The predicted octanol–water partition coefficient (Wildman–Crippen LogP) is 2.47. The number of aromatic nitrogens is 2. The molecule has 0 amide bonds. The van der Waals surface area contributed by atoms with Gasteiger partial charge in [0.25, 0.3) is 0 Å². The summed E-state index contributed by atoms with van der Waals surface area (Å²) in [7, 11) is 0. The molecule has 2 rings (SSSR count). The van der Waals surface area contributed by atoms with Crippen molar-refractivity contribution in [3.05, 3.63) is 47.2 Å². The predicted molar refractivity (Wildman–Crippen MR) is 70.3 cm³/mol. The molecule has 4 heteroatoms. The minimum Gasteiger partial charge on any atom is -0.424 e. The lowest BCUT2D eigenvalue weighted by Gasteiger charge is -2.03. The SMILES string of the molecule is Cc1ccccc1Cc1nnc(CNC(C)C)o1. The van der Waals surface area contributed by atoms with Gasteiger partial charge in [-0.15, -0.1) is 10.2 Å². The van der Waals surface area contributed by atoms with Gasteiger partial charge in [-0.1, -0.05) is 38.1 Å². The van der Waals surface area contributed by atoms with Crippen molar-refractivity contribution >= 4 is 0 Å². The zero-order valence-corrected chi connectivity index (χ0v) is 11.1. The molecule has 1 heterocycles. The summed E-state index contributed by atoms with van der Waals surface area (Å²) < 4.78 is 5.61. The molecule has 0 radical (unpaired) electrons. The largest absolute Gasteiger partial charge is 0.424 e. The van der Waals surface area contributed by atoms with E-state index in [1.165, 1.54) is 11.1 Å². The van der Waals surface area contributed by atoms with Crippen molar-refractivity contribution in [2.45, 2.75) is 39.8 Å². The lowest BCUT2D eigenvalue weighted by molar-refractivity contribution is 0.427. The van der Waals surface area contributed by atoms with Crippen LogP contribution in [0.25, 0.3) is 0 Å². The number of aryl methyl sites for hydroxylation is 1. The summed E-state index contributed by atoms with van der Waals surface area (Å²) in [6.45, 7) is 6.89. The minimum absolute atomic E-state index is 0.414. The molecule has 0 aliphatic carbocycles. The van der Waals surface area contributed by atoms with E-state index in [0.29, 0.717) is 30.8 Å². The van der Waals surface area contributed by atoms with E-state index in [-0.39, 0.29) is 0 Å². The monoisotopic (exact) mass is 245 g/mol. The van der Waals surface area contributed by atoms with Gasteiger partial charge in [-0.25, -0.2) is 0 Å². The molecule has 2 aromatic rings. The van der Waals surface area contributed by atoms with Crippen molar-refractivity contribution in [2.75, 3.05) is 0 Å². The summed E-state index contributed by atoms with van der Waals surface area (Å²) in [5.74, 6) is 1.32. The van der Waals surface area contributed by atoms with Gasteiger partial charge in [0, 0.05) is 6.04 Å². The Balaban J connectivity index is 2.00. The topological polar surface area (TPSA) is 51.0 Å².